The van der Waals surface area contributed by atoms with Gasteiger partial charge in [-0.2, -0.15) is 0 Å². The number of hydrogen-bond donors (Lipinski definition) is 1. The first-order valence-electron chi connectivity index (χ1n) is 4.32. The first kappa shape index (κ1) is 9.62. The van der Waals surface area contributed by atoms with E-state index in [1.54, 1.807) is 0 Å². The van der Waals surface area contributed by atoms with Gasteiger partial charge < -0.3 is 10.5 Å². The predicted molar refractivity (Wildman–Crippen MR) is 62.4 cm³/mol. The first-order chi connectivity index (χ1) is 6.72. The zero-order chi connectivity index (χ0) is 10.1. The van der Waals surface area contributed by atoms with E-state index in [4.69, 9.17) is 22.1 Å². The molecular formula is C10H10ClNOS. The minimum Gasteiger partial charge on any atom is -0.494 e. The zero-order valence-corrected chi connectivity index (χ0v) is 9.28. The number of nitrogen functional groups attached to an aromatic ring is 1. The van der Waals surface area contributed by atoms with Crippen LogP contribution >= 0.6 is 22.9 Å². The van der Waals surface area contributed by atoms with Crippen LogP contribution in [0.1, 0.15) is 6.92 Å². The average molecular weight is 228 g/mol. The van der Waals surface area contributed by atoms with Crippen LogP contribution in [-0.4, -0.2) is 6.61 Å². The molecule has 0 unspecified atom stereocenters. The van der Waals surface area contributed by atoms with Crippen molar-refractivity contribution < 1.29 is 4.74 Å². The van der Waals surface area contributed by atoms with E-state index in [1.165, 1.54) is 11.3 Å². The van der Waals surface area contributed by atoms with Gasteiger partial charge in [0, 0.05) is 10.1 Å². The number of ether oxygens (including phenoxy) is 1. The lowest BCUT2D eigenvalue weighted by Crippen LogP contribution is -1.89. The number of fused-ring (bicyclic) bond motifs is 1. The standard InChI is InChI=1S/C10H10ClNOS/c1-2-13-6-3-4-7-8(5-6)14-10(12)9(7)11/h3-5H,2,12H2,1H3. The lowest BCUT2D eigenvalue weighted by Gasteiger charge is -2.01. The fraction of sp³-hybridized carbons (Fsp3) is 0.200. The molecule has 0 aliphatic rings. The summed E-state index contributed by atoms with van der Waals surface area (Å²) < 4.78 is 6.45. The molecule has 0 aliphatic heterocycles. The molecule has 0 spiro atoms. The van der Waals surface area contributed by atoms with Crippen LogP contribution in [0.25, 0.3) is 10.1 Å². The van der Waals surface area contributed by atoms with Crippen LogP contribution in [0.2, 0.25) is 5.02 Å². The van der Waals surface area contributed by atoms with Crippen LogP contribution < -0.4 is 10.5 Å². The number of benzene rings is 1. The molecule has 0 fully saturated rings. The van der Waals surface area contributed by atoms with Crippen LogP contribution in [0.15, 0.2) is 18.2 Å². The summed E-state index contributed by atoms with van der Waals surface area (Å²) in [6.45, 7) is 2.63. The summed E-state index contributed by atoms with van der Waals surface area (Å²) in [6.07, 6.45) is 0. The molecular weight excluding hydrogens is 218 g/mol. The predicted octanol–water partition coefficient (Wildman–Crippen LogP) is 3.54. The summed E-state index contributed by atoms with van der Waals surface area (Å²) in [4.78, 5) is 0. The van der Waals surface area contributed by atoms with Crippen molar-refractivity contribution in [3.63, 3.8) is 0 Å². The second-order valence-corrected chi connectivity index (χ2v) is 4.33. The van der Waals surface area contributed by atoms with Crippen molar-refractivity contribution in [3.05, 3.63) is 23.2 Å². The third-order valence-electron chi connectivity index (χ3n) is 1.94. The van der Waals surface area contributed by atoms with E-state index in [1.807, 2.05) is 25.1 Å². The average Bonchev–Trinajstić information content (AvgIpc) is 2.43. The molecule has 2 aromatic rings. The van der Waals surface area contributed by atoms with E-state index in [0.29, 0.717) is 16.6 Å². The SMILES string of the molecule is CCOc1ccc2c(Cl)c(N)sc2c1. The third kappa shape index (κ3) is 1.53. The van der Waals surface area contributed by atoms with Gasteiger partial charge in [-0.3, -0.25) is 0 Å². The van der Waals surface area contributed by atoms with Gasteiger partial charge in [-0.05, 0) is 25.1 Å². The highest BCUT2D eigenvalue weighted by atomic mass is 35.5. The summed E-state index contributed by atoms with van der Waals surface area (Å²) in [6, 6.07) is 5.81. The van der Waals surface area contributed by atoms with Crippen LogP contribution in [0.3, 0.4) is 0 Å². The van der Waals surface area contributed by atoms with Crippen LogP contribution in [-0.2, 0) is 0 Å². The highest BCUT2D eigenvalue weighted by Gasteiger charge is 2.07. The van der Waals surface area contributed by atoms with E-state index in [0.717, 1.165) is 15.8 Å². The second kappa shape index (κ2) is 3.67. The summed E-state index contributed by atoms with van der Waals surface area (Å²) in [7, 11) is 0. The molecule has 74 valence electrons. The van der Waals surface area contributed by atoms with Gasteiger partial charge in [0.1, 0.15) is 10.8 Å². The zero-order valence-electron chi connectivity index (χ0n) is 7.71. The minimum absolute atomic E-state index is 0.646. The third-order valence-corrected chi connectivity index (χ3v) is 3.44. The summed E-state index contributed by atoms with van der Waals surface area (Å²) in [5, 5.41) is 2.31. The van der Waals surface area contributed by atoms with Gasteiger partial charge in [-0.15, -0.1) is 11.3 Å². The van der Waals surface area contributed by atoms with Crippen molar-refractivity contribution in [2.75, 3.05) is 12.3 Å². The molecule has 4 heteroatoms. The molecule has 0 saturated heterocycles. The van der Waals surface area contributed by atoms with Crippen molar-refractivity contribution in [2.45, 2.75) is 6.92 Å². The lowest BCUT2D eigenvalue weighted by molar-refractivity contribution is 0.341. The van der Waals surface area contributed by atoms with Crippen molar-refractivity contribution >= 4 is 38.0 Å². The van der Waals surface area contributed by atoms with Crippen LogP contribution in [0, 0.1) is 0 Å². The largest absolute Gasteiger partial charge is 0.494 e. The molecule has 0 atom stereocenters. The van der Waals surface area contributed by atoms with Crippen LogP contribution in [0.4, 0.5) is 5.00 Å². The monoisotopic (exact) mass is 227 g/mol. The molecule has 2 N–H and O–H groups in total. The Hall–Kier alpha value is -0.930. The van der Waals surface area contributed by atoms with Gasteiger partial charge in [0.2, 0.25) is 0 Å². The van der Waals surface area contributed by atoms with Gasteiger partial charge in [0.25, 0.3) is 0 Å². The summed E-state index contributed by atoms with van der Waals surface area (Å²) in [5.74, 6) is 0.859. The van der Waals surface area contributed by atoms with E-state index in [2.05, 4.69) is 0 Å². The van der Waals surface area contributed by atoms with Gasteiger partial charge in [0.15, 0.2) is 0 Å². The molecule has 14 heavy (non-hydrogen) atoms. The minimum atomic E-state index is 0.646. The highest BCUT2D eigenvalue weighted by molar-refractivity contribution is 7.23. The quantitative estimate of drug-likeness (QED) is 0.852. The maximum Gasteiger partial charge on any atom is 0.120 e. The second-order valence-electron chi connectivity index (χ2n) is 2.87. The lowest BCUT2D eigenvalue weighted by atomic mass is 10.2. The van der Waals surface area contributed by atoms with Gasteiger partial charge in [-0.1, -0.05) is 11.6 Å². The molecule has 0 bridgehead atoms. The summed E-state index contributed by atoms with van der Waals surface area (Å²) >= 11 is 7.50. The Balaban J connectivity index is 2.56. The van der Waals surface area contributed by atoms with Gasteiger partial charge in [-0.25, -0.2) is 0 Å². The number of hydrogen-bond acceptors (Lipinski definition) is 3. The fourth-order valence-corrected chi connectivity index (χ4v) is 2.55. The Morgan fingerprint density at radius 3 is 3.00 bits per heavy atom. The normalized spacial score (nSPS) is 10.7. The Morgan fingerprint density at radius 1 is 1.50 bits per heavy atom. The molecule has 0 radical (unpaired) electrons. The molecule has 0 amide bonds. The maximum absolute atomic E-state index is 6.02. The fourth-order valence-electron chi connectivity index (χ4n) is 1.32. The topological polar surface area (TPSA) is 35.2 Å². The van der Waals surface area contributed by atoms with E-state index >= 15 is 0 Å². The maximum atomic E-state index is 6.02. The van der Waals surface area contributed by atoms with E-state index < -0.39 is 0 Å². The smallest absolute Gasteiger partial charge is 0.120 e. The number of nitrogens with two attached hydrogens (primary N) is 1. The molecule has 0 saturated carbocycles. The Morgan fingerprint density at radius 2 is 2.29 bits per heavy atom. The summed E-state index contributed by atoms with van der Waals surface area (Å²) in [5.41, 5.74) is 5.72. The van der Waals surface area contributed by atoms with Crippen molar-refractivity contribution in [1.29, 1.82) is 0 Å². The van der Waals surface area contributed by atoms with Gasteiger partial charge >= 0.3 is 0 Å². The number of halogens is 1. The number of rotatable bonds is 2. The molecule has 2 rings (SSSR count). The first-order valence-corrected chi connectivity index (χ1v) is 5.52. The van der Waals surface area contributed by atoms with E-state index in [-0.39, 0.29) is 0 Å². The van der Waals surface area contributed by atoms with E-state index in [9.17, 15) is 0 Å². The van der Waals surface area contributed by atoms with Crippen molar-refractivity contribution in [3.8, 4) is 5.75 Å². The molecule has 2 nitrogen and oxygen atoms in total. The van der Waals surface area contributed by atoms with Gasteiger partial charge in [0.05, 0.1) is 11.6 Å². The number of anilines is 1. The number of thiophene rings is 1. The Kier molecular flexibility index (Phi) is 2.52. The Bertz CT molecular complexity index is 466. The van der Waals surface area contributed by atoms with Crippen molar-refractivity contribution in [1.82, 2.24) is 0 Å². The molecule has 1 aromatic carbocycles. The van der Waals surface area contributed by atoms with Crippen LogP contribution in [0.5, 0.6) is 5.75 Å². The molecule has 1 heterocycles. The molecule has 0 aliphatic carbocycles. The van der Waals surface area contributed by atoms with Crippen molar-refractivity contribution in [2.24, 2.45) is 0 Å². The Labute approximate surface area is 91.2 Å². The highest BCUT2D eigenvalue weighted by Crippen LogP contribution is 2.38. The molecule has 1 aromatic heterocycles.